The number of urea groups is 1. The summed E-state index contributed by atoms with van der Waals surface area (Å²) in [6.45, 7) is 2.55. The molecule has 138 valence electrons. The van der Waals surface area contributed by atoms with E-state index in [1.807, 2.05) is 19.1 Å². The van der Waals surface area contributed by atoms with Crippen LogP contribution in [0.25, 0.3) is 0 Å². The molecule has 2 aromatic carbocycles. The summed E-state index contributed by atoms with van der Waals surface area (Å²) in [6, 6.07) is 12.2. The van der Waals surface area contributed by atoms with Gasteiger partial charge in [-0.2, -0.15) is 0 Å². The molecule has 1 aliphatic carbocycles. The molecule has 0 saturated heterocycles. The van der Waals surface area contributed by atoms with E-state index in [-0.39, 0.29) is 17.4 Å². The predicted molar refractivity (Wildman–Crippen MR) is 99.9 cm³/mol. The Labute approximate surface area is 153 Å². The van der Waals surface area contributed by atoms with Crippen molar-refractivity contribution in [3.8, 4) is 5.75 Å². The van der Waals surface area contributed by atoms with E-state index in [4.69, 9.17) is 4.74 Å². The third-order valence-corrected chi connectivity index (χ3v) is 5.07. The Bertz CT molecular complexity index is 770. The predicted octanol–water partition coefficient (Wildman–Crippen LogP) is 4.06. The molecule has 3 rings (SSSR count). The van der Waals surface area contributed by atoms with Crippen molar-refractivity contribution in [2.75, 3.05) is 13.7 Å². The van der Waals surface area contributed by atoms with E-state index in [0.717, 1.165) is 41.7 Å². The van der Waals surface area contributed by atoms with Crippen LogP contribution in [0.3, 0.4) is 0 Å². The lowest BCUT2D eigenvalue weighted by molar-refractivity contribution is 0.177. The van der Waals surface area contributed by atoms with Crippen molar-refractivity contribution in [3.05, 3.63) is 65.0 Å². The minimum atomic E-state index is -0.376. The molecule has 1 saturated carbocycles. The van der Waals surface area contributed by atoms with Crippen molar-refractivity contribution in [2.45, 2.75) is 38.1 Å². The van der Waals surface area contributed by atoms with E-state index in [1.165, 1.54) is 12.1 Å². The Morgan fingerprint density at radius 1 is 1.19 bits per heavy atom. The van der Waals surface area contributed by atoms with Crippen molar-refractivity contribution in [2.24, 2.45) is 0 Å². The Kier molecular flexibility index (Phi) is 5.45. The maximum atomic E-state index is 13.2. The second-order valence-corrected chi connectivity index (χ2v) is 6.89. The Hall–Kier alpha value is -2.56. The van der Waals surface area contributed by atoms with Gasteiger partial charge in [-0.25, -0.2) is 9.18 Å². The van der Waals surface area contributed by atoms with Crippen molar-refractivity contribution < 1.29 is 13.9 Å². The zero-order valence-electron chi connectivity index (χ0n) is 15.3. The number of hydrogen-bond donors (Lipinski definition) is 2. The van der Waals surface area contributed by atoms with Crippen molar-refractivity contribution in [1.82, 2.24) is 10.6 Å². The molecule has 4 nitrogen and oxygen atoms in total. The number of carbonyl (C=O) groups is 1. The van der Waals surface area contributed by atoms with Gasteiger partial charge in [-0.1, -0.05) is 29.8 Å². The fourth-order valence-electron chi connectivity index (χ4n) is 3.46. The van der Waals surface area contributed by atoms with Crippen molar-refractivity contribution in [1.29, 1.82) is 0 Å². The van der Waals surface area contributed by atoms with Crippen molar-refractivity contribution in [3.63, 3.8) is 0 Å². The first kappa shape index (κ1) is 18.2. The molecule has 2 amide bonds. The normalized spacial score (nSPS) is 15.0. The number of aryl methyl sites for hydroxylation is 1. The summed E-state index contributed by atoms with van der Waals surface area (Å²) in [5.41, 5.74) is 2.82. The molecule has 26 heavy (non-hydrogen) atoms. The van der Waals surface area contributed by atoms with Crippen LogP contribution in [-0.2, 0) is 12.0 Å². The van der Waals surface area contributed by atoms with Crippen LogP contribution < -0.4 is 15.4 Å². The van der Waals surface area contributed by atoms with Gasteiger partial charge in [0, 0.05) is 6.54 Å². The smallest absolute Gasteiger partial charge is 0.315 e. The molecule has 2 N–H and O–H groups in total. The second-order valence-electron chi connectivity index (χ2n) is 6.89. The molecule has 2 aromatic rings. The summed E-state index contributed by atoms with van der Waals surface area (Å²) >= 11 is 0. The van der Waals surface area contributed by atoms with Crippen LogP contribution in [0.2, 0.25) is 0 Å². The second kappa shape index (κ2) is 7.77. The number of rotatable bonds is 6. The summed E-state index contributed by atoms with van der Waals surface area (Å²) in [4.78, 5) is 12.4. The van der Waals surface area contributed by atoms with Gasteiger partial charge in [0.15, 0.2) is 0 Å². The van der Waals surface area contributed by atoms with Gasteiger partial charge >= 0.3 is 6.03 Å². The number of nitrogens with one attached hydrogen (secondary N) is 2. The average Bonchev–Trinajstić information content (AvgIpc) is 2.59. The lowest BCUT2D eigenvalue weighted by Crippen LogP contribution is -2.54. The highest BCUT2D eigenvalue weighted by Crippen LogP contribution is 2.41. The van der Waals surface area contributed by atoms with Crippen LogP contribution in [-0.4, -0.2) is 19.7 Å². The van der Waals surface area contributed by atoms with Crippen molar-refractivity contribution >= 4 is 6.03 Å². The molecule has 0 aromatic heterocycles. The highest BCUT2D eigenvalue weighted by Gasteiger charge is 2.39. The highest BCUT2D eigenvalue weighted by molar-refractivity contribution is 5.75. The summed E-state index contributed by atoms with van der Waals surface area (Å²) < 4.78 is 18.5. The molecule has 0 spiro atoms. The molecule has 0 atom stereocenters. The molecule has 0 bridgehead atoms. The number of methoxy groups -OCH3 is 1. The van der Waals surface area contributed by atoms with E-state index in [0.29, 0.717) is 13.0 Å². The first-order valence-electron chi connectivity index (χ1n) is 8.98. The standard InChI is InChI=1S/C21H25FN2O2/c1-15-4-9-19(26-2)16(14-15)10-13-23-20(25)24-21(11-3-12-21)17-5-7-18(22)8-6-17/h4-9,14H,3,10-13H2,1-2H3,(H2,23,24,25). The highest BCUT2D eigenvalue weighted by atomic mass is 19.1. The molecule has 1 fully saturated rings. The topological polar surface area (TPSA) is 50.4 Å². The summed E-state index contributed by atoms with van der Waals surface area (Å²) in [5, 5.41) is 6.02. The van der Waals surface area contributed by atoms with E-state index in [2.05, 4.69) is 16.7 Å². The number of halogens is 1. The number of ether oxygens (including phenoxy) is 1. The molecule has 0 heterocycles. The molecule has 0 unspecified atom stereocenters. The van der Waals surface area contributed by atoms with Gasteiger partial charge in [-0.15, -0.1) is 0 Å². The van der Waals surface area contributed by atoms with Crippen LogP contribution in [0.15, 0.2) is 42.5 Å². The van der Waals surface area contributed by atoms with Crippen LogP contribution in [0, 0.1) is 12.7 Å². The molecule has 1 aliphatic rings. The number of benzene rings is 2. The van der Waals surface area contributed by atoms with E-state index < -0.39 is 0 Å². The summed E-state index contributed by atoms with van der Waals surface area (Å²) in [5.74, 6) is 0.569. The fraction of sp³-hybridized carbons (Fsp3) is 0.381. The lowest BCUT2D eigenvalue weighted by atomic mass is 9.72. The molecule has 0 aliphatic heterocycles. The van der Waals surface area contributed by atoms with Gasteiger partial charge in [-0.3, -0.25) is 0 Å². The lowest BCUT2D eigenvalue weighted by Gasteiger charge is -2.43. The van der Waals surface area contributed by atoms with Gasteiger partial charge in [-0.05, 0) is 61.9 Å². The van der Waals surface area contributed by atoms with E-state index >= 15 is 0 Å². The number of amides is 2. The average molecular weight is 356 g/mol. The fourth-order valence-corrected chi connectivity index (χ4v) is 3.46. The monoisotopic (exact) mass is 356 g/mol. The zero-order chi connectivity index (χ0) is 18.6. The van der Waals surface area contributed by atoms with E-state index in [1.54, 1.807) is 19.2 Å². The molecular weight excluding hydrogens is 331 g/mol. The number of hydrogen-bond acceptors (Lipinski definition) is 2. The quantitative estimate of drug-likeness (QED) is 0.820. The van der Waals surface area contributed by atoms with Gasteiger partial charge in [0.2, 0.25) is 0 Å². The maximum absolute atomic E-state index is 13.2. The third-order valence-electron chi connectivity index (χ3n) is 5.07. The SMILES string of the molecule is COc1ccc(C)cc1CCNC(=O)NC1(c2ccc(F)cc2)CCC1. The first-order valence-corrected chi connectivity index (χ1v) is 8.98. The van der Waals surface area contributed by atoms with E-state index in [9.17, 15) is 9.18 Å². The summed E-state index contributed by atoms with van der Waals surface area (Å²) in [7, 11) is 1.65. The Morgan fingerprint density at radius 3 is 2.54 bits per heavy atom. The van der Waals surface area contributed by atoms with Gasteiger partial charge in [0.1, 0.15) is 11.6 Å². The van der Waals surface area contributed by atoms with Gasteiger partial charge in [0.05, 0.1) is 12.6 Å². The Balaban J connectivity index is 1.57. The third kappa shape index (κ3) is 3.98. The molecular formula is C21H25FN2O2. The van der Waals surface area contributed by atoms with Gasteiger partial charge in [0.25, 0.3) is 0 Å². The van der Waals surface area contributed by atoms with Crippen LogP contribution in [0.5, 0.6) is 5.75 Å². The zero-order valence-corrected chi connectivity index (χ0v) is 15.3. The minimum absolute atomic E-state index is 0.194. The largest absolute Gasteiger partial charge is 0.496 e. The number of carbonyl (C=O) groups excluding carboxylic acids is 1. The van der Waals surface area contributed by atoms with Crippen LogP contribution in [0.1, 0.15) is 36.0 Å². The first-order chi connectivity index (χ1) is 12.5. The maximum Gasteiger partial charge on any atom is 0.315 e. The van der Waals surface area contributed by atoms with Crippen LogP contribution in [0.4, 0.5) is 9.18 Å². The molecule has 5 heteroatoms. The van der Waals surface area contributed by atoms with Crippen LogP contribution >= 0.6 is 0 Å². The minimum Gasteiger partial charge on any atom is -0.496 e. The molecule has 0 radical (unpaired) electrons. The summed E-state index contributed by atoms with van der Waals surface area (Å²) in [6.07, 6.45) is 3.50. The Morgan fingerprint density at radius 2 is 1.92 bits per heavy atom. The van der Waals surface area contributed by atoms with Gasteiger partial charge < -0.3 is 15.4 Å².